The summed E-state index contributed by atoms with van der Waals surface area (Å²) in [7, 11) is 0. The van der Waals surface area contributed by atoms with Crippen LogP contribution in [0.2, 0.25) is 0 Å². The average molecular weight is 402 g/mol. The Morgan fingerprint density at radius 1 is 1.33 bits per heavy atom. The van der Waals surface area contributed by atoms with Gasteiger partial charge in [0.1, 0.15) is 10.6 Å². The molecule has 0 spiro atoms. The first-order chi connectivity index (χ1) is 13.2. The van der Waals surface area contributed by atoms with Crippen LogP contribution in [0.25, 0.3) is 11.0 Å². The zero-order valence-electron chi connectivity index (χ0n) is 15.6. The molecule has 142 valence electrons. The van der Waals surface area contributed by atoms with Crippen molar-refractivity contribution in [2.45, 2.75) is 43.2 Å². The van der Waals surface area contributed by atoms with Crippen LogP contribution >= 0.6 is 23.1 Å². The summed E-state index contributed by atoms with van der Waals surface area (Å²) in [5.41, 5.74) is 1.73. The van der Waals surface area contributed by atoms with E-state index < -0.39 is 0 Å². The van der Waals surface area contributed by atoms with Crippen LogP contribution in [-0.4, -0.2) is 34.1 Å². The number of aromatic nitrogens is 2. The quantitative estimate of drug-likeness (QED) is 0.489. The Kier molecular flexibility index (Phi) is 5.50. The Balaban J connectivity index is 1.64. The van der Waals surface area contributed by atoms with E-state index in [9.17, 15) is 4.79 Å². The lowest BCUT2D eigenvalue weighted by atomic mass is 10.1. The van der Waals surface area contributed by atoms with Crippen LogP contribution in [0, 0.1) is 12.8 Å². The highest BCUT2D eigenvalue weighted by molar-refractivity contribution is 8.00. The molecule has 1 saturated carbocycles. The molecule has 2 heterocycles. The first-order valence-corrected chi connectivity index (χ1v) is 11.2. The lowest BCUT2D eigenvalue weighted by molar-refractivity contribution is 0.0717. The number of carbonyl (C=O) groups excluding carboxylic acids is 1. The smallest absolute Gasteiger partial charge is 0.289 e. The summed E-state index contributed by atoms with van der Waals surface area (Å²) in [4.78, 5) is 15.3. The Bertz CT molecular complexity index is 946. The highest BCUT2D eigenvalue weighted by Gasteiger charge is 2.30. The van der Waals surface area contributed by atoms with E-state index in [0.29, 0.717) is 17.4 Å². The minimum Gasteiger partial charge on any atom is -0.451 e. The first-order valence-electron chi connectivity index (χ1n) is 9.38. The maximum Gasteiger partial charge on any atom is 0.289 e. The third-order valence-electron chi connectivity index (χ3n) is 4.70. The first kappa shape index (κ1) is 18.5. The van der Waals surface area contributed by atoms with Crippen molar-refractivity contribution in [2.75, 3.05) is 13.1 Å². The maximum absolute atomic E-state index is 13.3. The number of furan rings is 1. The van der Waals surface area contributed by atoms with E-state index in [-0.39, 0.29) is 5.91 Å². The van der Waals surface area contributed by atoms with Crippen molar-refractivity contribution >= 4 is 40.0 Å². The maximum atomic E-state index is 13.3. The van der Waals surface area contributed by atoms with Crippen molar-refractivity contribution in [1.82, 2.24) is 15.1 Å². The molecule has 0 bridgehead atoms. The summed E-state index contributed by atoms with van der Waals surface area (Å²) in [5.74, 6) is 1.81. The Hall–Kier alpha value is -1.86. The minimum atomic E-state index is 0.0176. The normalized spacial score (nSPS) is 14.0. The van der Waals surface area contributed by atoms with Crippen molar-refractivity contribution in [3.8, 4) is 0 Å². The molecule has 0 atom stereocenters. The number of fused-ring (bicyclic) bond motifs is 1. The van der Waals surface area contributed by atoms with Crippen molar-refractivity contribution in [2.24, 2.45) is 5.92 Å². The molecule has 1 aromatic carbocycles. The number of amides is 1. The molecule has 0 unspecified atom stereocenters. The van der Waals surface area contributed by atoms with E-state index in [4.69, 9.17) is 4.42 Å². The highest BCUT2D eigenvalue weighted by atomic mass is 32.2. The second-order valence-corrected chi connectivity index (χ2v) is 9.38. The van der Waals surface area contributed by atoms with Gasteiger partial charge in [0.25, 0.3) is 5.91 Å². The standard InChI is InChI=1S/C20H23N3O2S2/c1-3-10-23(11-14-8-9-14)19(24)18-16(12-26-20-22-21-13(2)27-20)15-6-4-5-7-17(15)25-18/h4-7,14H,3,8-12H2,1-2H3. The Morgan fingerprint density at radius 2 is 2.15 bits per heavy atom. The third kappa shape index (κ3) is 4.19. The van der Waals surface area contributed by atoms with E-state index in [1.165, 1.54) is 12.8 Å². The van der Waals surface area contributed by atoms with Gasteiger partial charge in [0.05, 0.1) is 0 Å². The average Bonchev–Trinajstić information content (AvgIpc) is 3.27. The van der Waals surface area contributed by atoms with Crippen LogP contribution in [0.5, 0.6) is 0 Å². The van der Waals surface area contributed by atoms with Gasteiger partial charge in [-0.25, -0.2) is 0 Å². The molecule has 0 aliphatic heterocycles. The molecule has 1 aliphatic rings. The molecule has 0 saturated heterocycles. The predicted octanol–water partition coefficient (Wildman–Crippen LogP) is 5.15. The zero-order valence-corrected chi connectivity index (χ0v) is 17.2. The number of hydrogen-bond acceptors (Lipinski definition) is 6. The zero-order chi connectivity index (χ0) is 18.8. The number of benzene rings is 1. The molecule has 7 heteroatoms. The van der Waals surface area contributed by atoms with E-state index in [2.05, 4.69) is 17.1 Å². The summed E-state index contributed by atoms with van der Waals surface area (Å²) >= 11 is 3.19. The van der Waals surface area contributed by atoms with Crippen LogP contribution in [0.3, 0.4) is 0 Å². The predicted molar refractivity (Wildman–Crippen MR) is 109 cm³/mol. The van der Waals surface area contributed by atoms with Crippen molar-refractivity contribution in [3.05, 3.63) is 40.6 Å². The fourth-order valence-corrected chi connectivity index (χ4v) is 5.03. The second kappa shape index (κ2) is 8.02. The summed E-state index contributed by atoms with van der Waals surface area (Å²) in [6, 6.07) is 7.89. The van der Waals surface area contributed by atoms with Crippen LogP contribution in [0.15, 0.2) is 33.0 Å². The molecule has 3 aromatic rings. The fourth-order valence-electron chi connectivity index (χ4n) is 3.19. The second-order valence-electron chi connectivity index (χ2n) is 6.98. The van der Waals surface area contributed by atoms with Crippen molar-refractivity contribution in [1.29, 1.82) is 0 Å². The SMILES string of the molecule is CCCN(CC1CC1)C(=O)c1oc2ccccc2c1CSc1nnc(C)s1. The van der Waals surface area contributed by atoms with Gasteiger partial charge in [0, 0.05) is 29.8 Å². The molecule has 0 radical (unpaired) electrons. The Morgan fingerprint density at radius 3 is 2.85 bits per heavy atom. The van der Waals surface area contributed by atoms with Gasteiger partial charge in [0.2, 0.25) is 0 Å². The lowest BCUT2D eigenvalue weighted by Crippen LogP contribution is -2.33. The molecule has 2 aromatic heterocycles. The molecule has 0 N–H and O–H groups in total. The van der Waals surface area contributed by atoms with Crippen LogP contribution in [0.1, 0.15) is 47.3 Å². The van der Waals surface area contributed by atoms with Crippen LogP contribution in [0.4, 0.5) is 0 Å². The summed E-state index contributed by atoms with van der Waals surface area (Å²) in [6.07, 6.45) is 3.41. The molecule has 5 nitrogen and oxygen atoms in total. The third-order valence-corrected chi connectivity index (χ3v) is 6.69. The van der Waals surface area contributed by atoms with Crippen molar-refractivity contribution < 1.29 is 9.21 Å². The monoisotopic (exact) mass is 401 g/mol. The topological polar surface area (TPSA) is 59.2 Å². The number of nitrogens with zero attached hydrogens (tertiary/aromatic N) is 3. The highest BCUT2D eigenvalue weighted by Crippen LogP contribution is 2.35. The summed E-state index contributed by atoms with van der Waals surface area (Å²) in [5, 5.41) is 10.2. The van der Waals surface area contributed by atoms with Crippen LogP contribution in [-0.2, 0) is 5.75 Å². The van der Waals surface area contributed by atoms with Crippen LogP contribution < -0.4 is 0 Å². The Labute approximate surface area is 167 Å². The van der Waals surface area contributed by atoms with E-state index in [0.717, 1.165) is 45.4 Å². The molecule has 27 heavy (non-hydrogen) atoms. The molecule has 1 fully saturated rings. The number of carbonyl (C=O) groups is 1. The van der Waals surface area contributed by atoms with Gasteiger partial charge in [-0.05, 0) is 38.2 Å². The molecule has 1 amide bonds. The molecule has 4 rings (SSSR count). The van der Waals surface area contributed by atoms with Gasteiger partial charge in [-0.3, -0.25) is 4.79 Å². The number of thioether (sulfide) groups is 1. The van der Waals surface area contributed by atoms with Gasteiger partial charge in [0.15, 0.2) is 10.1 Å². The number of rotatable bonds is 8. The molecular weight excluding hydrogens is 378 g/mol. The van der Waals surface area contributed by atoms with Gasteiger partial charge >= 0.3 is 0 Å². The minimum absolute atomic E-state index is 0.0176. The summed E-state index contributed by atoms with van der Waals surface area (Å²) < 4.78 is 6.96. The summed E-state index contributed by atoms with van der Waals surface area (Å²) in [6.45, 7) is 5.67. The molecule has 1 aliphatic carbocycles. The van der Waals surface area contributed by atoms with E-state index in [1.807, 2.05) is 36.1 Å². The van der Waals surface area contributed by atoms with E-state index in [1.54, 1.807) is 23.1 Å². The number of hydrogen-bond donors (Lipinski definition) is 0. The van der Waals surface area contributed by atoms with Gasteiger partial charge in [-0.15, -0.1) is 10.2 Å². The van der Waals surface area contributed by atoms with E-state index >= 15 is 0 Å². The lowest BCUT2D eigenvalue weighted by Gasteiger charge is -2.21. The number of para-hydroxylation sites is 1. The largest absolute Gasteiger partial charge is 0.451 e. The van der Waals surface area contributed by atoms with Gasteiger partial charge in [-0.2, -0.15) is 0 Å². The fraction of sp³-hybridized carbons (Fsp3) is 0.450. The number of aryl methyl sites for hydroxylation is 1. The van der Waals surface area contributed by atoms with Gasteiger partial charge in [-0.1, -0.05) is 48.2 Å². The van der Waals surface area contributed by atoms with Crippen molar-refractivity contribution in [3.63, 3.8) is 0 Å². The van der Waals surface area contributed by atoms with Gasteiger partial charge < -0.3 is 9.32 Å². The molecular formula is C20H23N3O2S2.